The van der Waals surface area contributed by atoms with Crippen LogP contribution >= 0.6 is 11.3 Å². The number of anilines is 2. The minimum Gasteiger partial charge on any atom is -0.478 e. The van der Waals surface area contributed by atoms with Gasteiger partial charge in [0.25, 0.3) is 5.91 Å². The molecule has 21 heavy (non-hydrogen) atoms. The van der Waals surface area contributed by atoms with Gasteiger partial charge < -0.3 is 15.3 Å². The van der Waals surface area contributed by atoms with Crippen LogP contribution in [0.3, 0.4) is 0 Å². The number of carbonyl (C=O) groups is 2. The molecule has 1 aromatic heterocycles. The van der Waals surface area contributed by atoms with E-state index in [1.165, 1.54) is 4.88 Å². The zero-order chi connectivity index (χ0) is 14.6. The van der Waals surface area contributed by atoms with Crippen molar-refractivity contribution in [3.8, 4) is 0 Å². The Kier molecular flexibility index (Phi) is 2.56. The normalized spacial score (nSPS) is 19.3. The standard InChI is InChI=1S/C15H12N2O3S/c18-14-13-8-5-7-21-11(8)4-6-17(13)12-9(15(19)20)2-1-3-10(12)16-14/h1-3,5,7,13H,4,6H2,(H,16,18)(H,19,20). The summed E-state index contributed by atoms with van der Waals surface area (Å²) in [5, 5.41) is 14.2. The van der Waals surface area contributed by atoms with Gasteiger partial charge in [0, 0.05) is 11.4 Å². The highest BCUT2D eigenvalue weighted by molar-refractivity contribution is 7.10. The van der Waals surface area contributed by atoms with E-state index in [0.717, 1.165) is 12.0 Å². The fourth-order valence-electron chi connectivity index (χ4n) is 3.17. The lowest BCUT2D eigenvalue weighted by atomic mass is 9.94. The fraction of sp³-hybridized carbons (Fsp3) is 0.200. The third kappa shape index (κ3) is 1.69. The number of para-hydroxylation sites is 1. The summed E-state index contributed by atoms with van der Waals surface area (Å²) in [5.41, 5.74) is 2.42. The molecule has 5 nitrogen and oxygen atoms in total. The van der Waals surface area contributed by atoms with E-state index in [4.69, 9.17) is 0 Å². The minimum absolute atomic E-state index is 0.0932. The average molecular weight is 300 g/mol. The molecule has 1 aromatic carbocycles. The van der Waals surface area contributed by atoms with E-state index in [2.05, 4.69) is 5.32 Å². The van der Waals surface area contributed by atoms with E-state index >= 15 is 0 Å². The molecule has 0 saturated heterocycles. The van der Waals surface area contributed by atoms with Gasteiger partial charge >= 0.3 is 5.97 Å². The summed E-state index contributed by atoms with van der Waals surface area (Å²) in [7, 11) is 0. The van der Waals surface area contributed by atoms with E-state index in [1.54, 1.807) is 29.5 Å². The van der Waals surface area contributed by atoms with Crippen LogP contribution in [0.15, 0.2) is 29.6 Å². The Morgan fingerprint density at radius 1 is 1.38 bits per heavy atom. The first-order valence-electron chi connectivity index (χ1n) is 6.67. The van der Waals surface area contributed by atoms with Crippen molar-refractivity contribution in [3.05, 3.63) is 45.6 Å². The molecule has 1 unspecified atom stereocenters. The maximum atomic E-state index is 12.4. The monoisotopic (exact) mass is 300 g/mol. The van der Waals surface area contributed by atoms with E-state index in [-0.39, 0.29) is 11.5 Å². The van der Waals surface area contributed by atoms with Gasteiger partial charge in [-0.2, -0.15) is 0 Å². The van der Waals surface area contributed by atoms with Gasteiger partial charge in [-0.25, -0.2) is 4.79 Å². The van der Waals surface area contributed by atoms with Gasteiger partial charge in [0.2, 0.25) is 0 Å². The number of thiophene rings is 1. The Morgan fingerprint density at radius 2 is 2.24 bits per heavy atom. The van der Waals surface area contributed by atoms with Crippen LogP contribution in [0.1, 0.15) is 26.8 Å². The van der Waals surface area contributed by atoms with Crippen molar-refractivity contribution in [1.82, 2.24) is 0 Å². The molecule has 106 valence electrons. The summed E-state index contributed by atoms with van der Waals surface area (Å²) in [6, 6.07) is 6.53. The summed E-state index contributed by atoms with van der Waals surface area (Å²) >= 11 is 1.65. The van der Waals surface area contributed by atoms with Crippen LogP contribution in [0.25, 0.3) is 0 Å². The summed E-state index contributed by atoms with van der Waals surface area (Å²) < 4.78 is 0. The van der Waals surface area contributed by atoms with Crippen LogP contribution in [-0.2, 0) is 11.2 Å². The number of carbonyl (C=O) groups excluding carboxylic acids is 1. The number of hydrogen-bond acceptors (Lipinski definition) is 4. The first kappa shape index (κ1) is 12.4. The number of amides is 1. The molecule has 6 heteroatoms. The van der Waals surface area contributed by atoms with Gasteiger partial charge in [-0.1, -0.05) is 6.07 Å². The largest absolute Gasteiger partial charge is 0.478 e. The van der Waals surface area contributed by atoms with Gasteiger partial charge in [0.15, 0.2) is 0 Å². The zero-order valence-electron chi connectivity index (χ0n) is 11.0. The lowest BCUT2D eigenvalue weighted by molar-refractivity contribution is -0.117. The van der Waals surface area contributed by atoms with Gasteiger partial charge in [-0.3, -0.25) is 4.79 Å². The molecular formula is C15H12N2O3S. The molecule has 0 fully saturated rings. The van der Waals surface area contributed by atoms with Crippen molar-refractivity contribution in [2.24, 2.45) is 0 Å². The summed E-state index contributed by atoms with van der Waals surface area (Å²) in [5.74, 6) is -1.07. The van der Waals surface area contributed by atoms with Gasteiger partial charge in [0.05, 0.1) is 16.9 Å². The van der Waals surface area contributed by atoms with Crippen LogP contribution in [0.4, 0.5) is 11.4 Å². The van der Waals surface area contributed by atoms with Crippen LogP contribution in [-0.4, -0.2) is 23.5 Å². The molecule has 0 spiro atoms. The lowest BCUT2D eigenvalue weighted by Crippen LogP contribution is -2.45. The van der Waals surface area contributed by atoms with Crippen LogP contribution in [0.5, 0.6) is 0 Å². The number of nitrogens with one attached hydrogen (secondary N) is 1. The topological polar surface area (TPSA) is 69.6 Å². The van der Waals surface area contributed by atoms with Crippen molar-refractivity contribution in [2.75, 3.05) is 16.8 Å². The number of carboxylic acid groups (broad SMARTS) is 1. The Labute approximate surface area is 124 Å². The molecule has 2 aliphatic heterocycles. The van der Waals surface area contributed by atoms with E-state index in [9.17, 15) is 14.7 Å². The number of hydrogen-bond donors (Lipinski definition) is 2. The maximum absolute atomic E-state index is 12.4. The lowest BCUT2D eigenvalue weighted by Gasteiger charge is -2.41. The second-order valence-corrected chi connectivity index (χ2v) is 6.14. The minimum atomic E-state index is -0.974. The quantitative estimate of drug-likeness (QED) is 0.849. The summed E-state index contributed by atoms with van der Waals surface area (Å²) in [6.07, 6.45) is 0.837. The SMILES string of the molecule is O=C(O)c1cccc2c1N1CCc3sccc3C1C(=O)N2. The Bertz CT molecular complexity index is 768. The molecule has 0 radical (unpaired) electrons. The molecule has 1 amide bonds. The van der Waals surface area contributed by atoms with Crippen molar-refractivity contribution in [1.29, 1.82) is 0 Å². The first-order valence-corrected chi connectivity index (χ1v) is 7.55. The van der Waals surface area contributed by atoms with Gasteiger partial charge in [0.1, 0.15) is 6.04 Å². The van der Waals surface area contributed by atoms with Crippen molar-refractivity contribution < 1.29 is 14.7 Å². The molecule has 2 aromatic rings. The molecule has 0 bridgehead atoms. The predicted molar refractivity (Wildman–Crippen MR) is 80.1 cm³/mol. The fourth-order valence-corrected chi connectivity index (χ4v) is 4.07. The van der Waals surface area contributed by atoms with Crippen LogP contribution in [0.2, 0.25) is 0 Å². The average Bonchev–Trinajstić information content (AvgIpc) is 2.94. The Hall–Kier alpha value is -2.34. The summed E-state index contributed by atoms with van der Waals surface area (Å²) in [4.78, 5) is 27.1. The predicted octanol–water partition coefficient (Wildman–Crippen LogP) is 2.50. The van der Waals surface area contributed by atoms with Crippen molar-refractivity contribution in [2.45, 2.75) is 12.5 Å². The molecule has 2 N–H and O–H groups in total. The molecular weight excluding hydrogens is 288 g/mol. The molecule has 2 aliphatic rings. The molecule has 3 heterocycles. The van der Waals surface area contributed by atoms with Crippen LogP contribution in [0, 0.1) is 0 Å². The third-order valence-corrected chi connectivity index (χ3v) is 5.02. The third-order valence-electron chi connectivity index (χ3n) is 4.03. The number of carboxylic acids is 1. The number of nitrogens with zero attached hydrogens (tertiary/aromatic N) is 1. The van der Waals surface area contributed by atoms with Crippen molar-refractivity contribution >= 4 is 34.6 Å². The maximum Gasteiger partial charge on any atom is 0.337 e. The zero-order valence-corrected chi connectivity index (χ0v) is 11.8. The number of benzene rings is 1. The smallest absolute Gasteiger partial charge is 0.337 e. The molecule has 0 aliphatic carbocycles. The number of aromatic carboxylic acids is 1. The van der Waals surface area contributed by atoms with Crippen molar-refractivity contribution in [3.63, 3.8) is 0 Å². The Morgan fingerprint density at radius 3 is 3.05 bits per heavy atom. The molecule has 0 saturated carbocycles. The van der Waals surface area contributed by atoms with Gasteiger partial charge in [-0.05, 0) is 35.6 Å². The first-order chi connectivity index (χ1) is 10.2. The van der Waals surface area contributed by atoms with E-state index in [1.807, 2.05) is 16.3 Å². The highest BCUT2D eigenvalue weighted by Crippen LogP contribution is 2.44. The second-order valence-electron chi connectivity index (χ2n) is 5.14. The highest BCUT2D eigenvalue weighted by Gasteiger charge is 2.40. The Balaban J connectivity index is 1.93. The summed E-state index contributed by atoms with van der Waals surface area (Å²) in [6.45, 7) is 0.656. The van der Waals surface area contributed by atoms with E-state index in [0.29, 0.717) is 17.9 Å². The van der Waals surface area contributed by atoms with E-state index < -0.39 is 12.0 Å². The second kappa shape index (κ2) is 4.33. The number of fused-ring (bicyclic) bond motifs is 5. The number of rotatable bonds is 1. The molecule has 1 atom stereocenters. The molecule has 4 rings (SSSR count). The van der Waals surface area contributed by atoms with Crippen LogP contribution < -0.4 is 10.2 Å². The van der Waals surface area contributed by atoms with Gasteiger partial charge in [-0.15, -0.1) is 11.3 Å². The highest BCUT2D eigenvalue weighted by atomic mass is 32.1.